The number of hydrogen-bond acceptors (Lipinski definition) is 4. The van der Waals surface area contributed by atoms with Gasteiger partial charge in [0.25, 0.3) is 0 Å². The summed E-state index contributed by atoms with van der Waals surface area (Å²) >= 11 is 0. The molecule has 1 aromatic carbocycles. The fourth-order valence-electron chi connectivity index (χ4n) is 1.88. The van der Waals surface area contributed by atoms with Crippen molar-refractivity contribution in [2.75, 3.05) is 11.6 Å². The molecule has 3 rings (SSSR count). The Morgan fingerprint density at radius 2 is 1.94 bits per heavy atom. The van der Waals surface area contributed by atoms with Crippen LogP contribution in [-0.4, -0.2) is 22.2 Å². The molecule has 1 aliphatic heterocycles. The molecular formula is C13H12N4. The Balaban J connectivity index is 1.87. The van der Waals surface area contributed by atoms with Crippen LogP contribution < -0.4 is 5.01 Å². The fourth-order valence-corrected chi connectivity index (χ4v) is 1.88. The summed E-state index contributed by atoms with van der Waals surface area (Å²) < 4.78 is 0. The predicted molar refractivity (Wildman–Crippen MR) is 67.0 cm³/mol. The van der Waals surface area contributed by atoms with E-state index in [0.29, 0.717) is 0 Å². The lowest BCUT2D eigenvalue weighted by molar-refractivity contribution is 0.888. The van der Waals surface area contributed by atoms with Crippen LogP contribution in [0.15, 0.2) is 54.0 Å². The summed E-state index contributed by atoms with van der Waals surface area (Å²) in [6, 6.07) is 10.2. The summed E-state index contributed by atoms with van der Waals surface area (Å²) in [5.41, 5.74) is 2.29. The maximum Gasteiger partial charge on any atom is 0.167 e. The molecule has 0 radical (unpaired) electrons. The molecule has 0 saturated heterocycles. The van der Waals surface area contributed by atoms with Gasteiger partial charge in [0.15, 0.2) is 5.82 Å². The van der Waals surface area contributed by atoms with Crippen LogP contribution in [0.5, 0.6) is 0 Å². The van der Waals surface area contributed by atoms with Crippen molar-refractivity contribution in [3.8, 4) is 0 Å². The van der Waals surface area contributed by atoms with Gasteiger partial charge in [0.1, 0.15) is 0 Å². The lowest BCUT2D eigenvalue weighted by atomic mass is 10.1. The fraction of sp³-hybridized carbons (Fsp3) is 0.154. The van der Waals surface area contributed by atoms with Gasteiger partial charge in [-0.1, -0.05) is 30.3 Å². The summed E-state index contributed by atoms with van der Waals surface area (Å²) in [4.78, 5) is 8.30. The van der Waals surface area contributed by atoms with Crippen molar-refractivity contribution in [3.63, 3.8) is 0 Å². The van der Waals surface area contributed by atoms with Gasteiger partial charge in [0.05, 0.1) is 11.9 Å². The second-order valence-electron chi connectivity index (χ2n) is 3.85. The number of nitrogens with zero attached hydrogens (tertiary/aromatic N) is 4. The average Bonchev–Trinajstić information content (AvgIpc) is 2.90. The maximum atomic E-state index is 4.58. The van der Waals surface area contributed by atoms with E-state index in [-0.39, 0.29) is 0 Å². The highest BCUT2D eigenvalue weighted by Crippen LogP contribution is 2.18. The zero-order valence-corrected chi connectivity index (χ0v) is 9.32. The van der Waals surface area contributed by atoms with Crippen LogP contribution in [0, 0.1) is 0 Å². The van der Waals surface area contributed by atoms with E-state index in [9.17, 15) is 0 Å². The summed E-state index contributed by atoms with van der Waals surface area (Å²) in [6.07, 6.45) is 6.03. The van der Waals surface area contributed by atoms with Crippen LogP contribution in [0.3, 0.4) is 0 Å². The number of aromatic nitrogens is 2. The van der Waals surface area contributed by atoms with E-state index in [2.05, 4.69) is 27.2 Å². The third-order valence-corrected chi connectivity index (χ3v) is 2.72. The van der Waals surface area contributed by atoms with Crippen LogP contribution in [0.1, 0.15) is 12.0 Å². The zero-order valence-electron chi connectivity index (χ0n) is 9.32. The molecule has 1 aromatic heterocycles. The molecule has 17 heavy (non-hydrogen) atoms. The van der Waals surface area contributed by atoms with E-state index in [4.69, 9.17) is 0 Å². The average molecular weight is 224 g/mol. The number of hydrazone groups is 1. The quantitative estimate of drug-likeness (QED) is 0.784. The van der Waals surface area contributed by atoms with Crippen molar-refractivity contribution in [3.05, 3.63) is 54.5 Å². The molecule has 4 heteroatoms. The Kier molecular flexibility index (Phi) is 2.54. The minimum Gasteiger partial charge on any atom is -0.259 e. The molecule has 0 spiro atoms. The van der Waals surface area contributed by atoms with Gasteiger partial charge >= 0.3 is 0 Å². The number of hydrogen-bond donors (Lipinski definition) is 0. The Morgan fingerprint density at radius 3 is 2.71 bits per heavy atom. The molecule has 0 unspecified atom stereocenters. The second-order valence-corrected chi connectivity index (χ2v) is 3.85. The molecule has 0 atom stereocenters. The molecule has 0 saturated carbocycles. The first kappa shape index (κ1) is 9.96. The smallest absolute Gasteiger partial charge is 0.167 e. The predicted octanol–water partition coefficient (Wildman–Crippen LogP) is 2.09. The van der Waals surface area contributed by atoms with E-state index in [0.717, 1.165) is 24.5 Å². The van der Waals surface area contributed by atoms with Gasteiger partial charge in [0, 0.05) is 25.4 Å². The first-order valence-corrected chi connectivity index (χ1v) is 5.60. The van der Waals surface area contributed by atoms with E-state index in [1.165, 1.54) is 5.56 Å². The lowest BCUT2D eigenvalue weighted by Crippen LogP contribution is -2.13. The topological polar surface area (TPSA) is 41.4 Å². The van der Waals surface area contributed by atoms with Crippen LogP contribution in [-0.2, 0) is 0 Å². The van der Waals surface area contributed by atoms with Crippen LogP contribution >= 0.6 is 0 Å². The zero-order chi connectivity index (χ0) is 11.5. The molecule has 0 aliphatic carbocycles. The highest BCUT2D eigenvalue weighted by molar-refractivity contribution is 6.02. The van der Waals surface area contributed by atoms with Crippen molar-refractivity contribution < 1.29 is 0 Å². The Bertz CT molecular complexity index is 522. The minimum atomic E-state index is 0.804. The molecular weight excluding hydrogens is 212 g/mol. The van der Waals surface area contributed by atoms with Gasteiger partial charge < -0.3 is 0 Å². The van der Waals surface area contributed by atoms with E-state index < -0.39 is 0 Å². The summed E-state index contributed by atoms with van der Waals surface area (Å²) in [5.74, 6) is 0.804. The molecule has 2 heterocycles. The summed E-state index contributed by atoms with van der Waals surface area (Å²) in [5, 5.41) is 6.47. The number of anilines is 1. The Hall–Kier alpha value is -2.23. The molecule has 84 valence electrons. The maximum absolute atomic E-state index is 4.58. The van der Waals surface area contributed by atoms with Crippen molar-refractivity contribution >= 4 is 11.5 Å². The SMILES string of the molecule is c1ccc(C2=NN(c3cnccn3)CC2)cc1. The highest BCUT2D eigenvalue weighted by Gasteiger charge is 2.17. The highest BCUT2D eigenvalue weighted by atomic mass is 15.5. The summed E-state index contributed by atoms with van der Waals surface area (Å²) in [7, 11) is 0. The number of rotatable bonds is 2. The van der Waals surface area contributed by atoms with Gasteiger partial charge in [-0.3, -0.25) is 4.98 Å². The molecule has 0 bridgehead atoms. The first-order chi connectivity index (χ1) is 8.43. The number of benzene rings is 1. The van der Waals surface area contributed by atoms with Crippen LogP contribution in [0.25, 0.3) is 0 Å². The van der Waals surface area contributed by atoms with Gasteiger partial charge in [-0.25, -0.2) is 9.99 Å². The van der Waals surface area contributed by atoms with Crippen molar-refractivity contribution in [1.29, 1.82) is 0 Å². The molecule has 0 fully saturated rings. The van der Waals surface area contributed by atoms with Gasteiger partial charge in [-0.05, 0) is 5.56 Å². The normalized spacial score (nSPS) is 14.8. The van der Waals surface area contributed by atoms with Crippen LogP contribution in [0.4, 0.5) is 5.82 Å². The Labute approximate surface area is 99.6 Å². The standard InChI is InChI=1S/C13H12N4/c1-2-4-11(5-3-1)12-6-9-17(16-12)13-10-14-7-8-15-13/h1-5,7-8,10H,6,9H2. The van der Waals surface area contributed by atoms with Gasteiger partial charge in [-0.2, -0.15) is 5.10 Å². The van der Waals surface area contributed by atoms with E-state index >= 15 is 0 Å². The van der Waals surface area contributed by atoms with Crippen LogP contribution in [0.2, 0.25) is 0 Å². The largest absolute Gasteiger partial charge is 0.259 e. The van der Waals surface area contributed by atoms with Gasteiger partial charge in [0.2, 0.25) is 0 Å². The van der Waals surface area contributed by atoms with Crippen molar-refractivity contribution in [2.24, 2.45) is 5.10 Å². The third kappa shape index (κ3) is 2.01. The third-order valence-electron chi connectivity index (χ3n) is 2.72. The minimum absolute atomic E-state index is 0.804. The Morgan fingerprint density at radius 1 is 1.06 bits per heavy atom. The van der Waals surface area contributed by atoms with E-state index in [1.54, 1.807) is 18.6 Å². The second kappa shape index (κ2) is 4.33. The van der Waals surface area contributed by atoms with Gasteiger partial charge in [-0.15, -0.1) is 0 Å². The van der Waals surface area contributed by atoms with Crippen molar-refractivity contribution in [2.45, 2.75) is 6.42 Å². The molecule has 4 nitrogen and oxygen atoms in total. The van der Waals surface area contributed by atoms with E-state index in [1.807, 2.05) is 23.2 Å². The lowest BCUT2D eigenvalue weighted by Gasteiger charge is -2.10. The first-order valence-electron chi connectivity index (χ1n) is 5.60. The molecule has 0 N–H and O–H groups in total. The van der Waals surface area contributed by atoms with Crippen molar-refractivity contribution in [1.82, 2.24) is 9.97 Å². The molecule has 2 aromatic rings. The molecule has 1 aliphatic rings. The summed E-state index contributed by atoms with van der Waals surface area (Å²) in [6.45, 7) is 0.864. The monoisotopic (exact) mass is 224 g/mol. The molecule has 0 amide bonds.